The minimum Gasteiger partial charge on any atom is -0.366 e. The van der Waals surface area contributed by atoms with Gasteiger partial charge >= 0.3 is 0 Å². The summed E-state index contributed by atoms with van der Waals surface area (Å²) >= 11 is 0. The van der Waals surface area contributed by atoms with E-state index in [1.807, 2.05) is 18.2 Å². The molecule has 1 amide bonds. The fraction of sp³-hybridized carbons (Fsp3) is 0. The first kappa shape index (κ1) is 15.6. The third kappa shape index (κ3) is 3.29. The molecule has 0 saturated carbocycles. The standard InChI is InChI=1S/C18H15N7O/c19-17(26)11-1-4-13(5-2-11)23-18-20-8-7-16(24-18)22-14-6-3-12-10-21-25-15(12)9-14/h1-10H,(H2,19,26)(H,21,25)(H2,20,22,23,24). The van der Waals surface area contributed by atoms with Crippen molar-refractivity contribution < 1.29 is 4.79 Å². The molecule has 0 spiro atoms. The van der Waals surface area contributed by atoms with Gasteiger partial charge in [-0.3, -0.25) is 9.89 Å². The first-order valence-corrected chi connectivity index (χ1v) is 7.87. The quantitative estimate of drug-likeness (QED) is 0.441. The van der Waals surface area contributed by atoms with E-state index in [4.69, 9.17) is 5.73 Å². The molecule has 4 aromatic rings. The van der Waals surface area contributed by atoms with Gasteiger partial charge in [-0.05, 0) is 48.5 Å². The van der Waals surface area contributed by atoms with Gasteiger partial charge in [-0.25, -0.2) is 4.98 Å². The third-order valence-electron chi connectivity index (χ3n) is 3.80. The van der Waals surface area contributed by atoms with Gasteiger partial charge in [0.05, 0.1) is 11.7 Å². The summed E-state index contributed by atoms with van der Waals surface area (Å²) in [5.41, 5.74) is 8.27. The van der Waals surface area contributed by atoms with E-state index < -0.39 is 5.91 Å². The van der Waals surface area contributed by atoms with Crippen LogP contribution in [0.25, 0.3) is 10.9 Å². The number of benzene rings is 2. The SMILES string of the molecule is NC(=O)c1ccc(Nc2nccc(Nc3ccc4cn[nH]c4c3)n2)cc1. The predicted octanol–water partition coefficient (Wildman–Crippen LogP) is 2.94. The highest BCUT2D eigenvalue weighted by Gasteiger charge is 2.04. The molecule has 5 N–H and O–H groups in total. The molecule has 0 bridgehead atoms. The van der Waals surface area contributed by atoms with Crippen LogP contribution in [0.15, 0.2) is 60.9 Å². The van der Waals surface area contributed by atoms with Gasteiger partial charge in [0.2, 0.25) is 11.9 Å². The van der Waals surface area contributed by atoms with Gasteiger partial charge in [-0.15, -0.1) is 0 Å². The summed E-state index contributed by atoms with van der Waals surface area (Å²) in [6.07, 6.45) is 3.43. The second-order valence-corrected chi connectivity index (χ2v) is 5.63. The van der Waals surface area contributed by atoms with Crippen LogP contribution in [0.1, 0.15) is 10.4 Å². The molecule has 0 aliphatic carbocycles. The van der Waals surface area contributed by atoms with Crippen molar-refractivity contribution in [1.29, 1.82) is 0 Å². The van der Waals surface area contributed by atoms with Crippen LogP contribution in [-0.2, 0) is 0 Å². The van der Waals surface area contributed by atoms with Crippen LogP contribution in [-0.4, -0.2) is 26.1 Å². The largest absolute Gasteiger partial charge is 0.366 e. The van der Waals surface area contributed by atoms with Crippen LogP contribution < -0.4 is 16.4 Å². The Morgan fingerprint density at radius 1 is 1.00 bits per heavy atom. The number of nitrogens with zero attached hydrogens (tertiary/aromatic N) is 3. The molecule has 0 saturated heterocycles. The Balaban J connectivity index is 1.51. The van der Waals surface area contributed by atoms with Gasteiger partial charge < -0.3 is 16.4 Å². The second-order valence-electron chi connectivity index (χ2n) is 5.63. The number of fused-ring (bicyclic) bond motifs is 1. The average Bonchev–Trinajstić information content (AvgIpc) is 3.10. The molecule has 0 aliphatic heterocycles. The fourth-order valence-corrected chi connectivity index (χ4v) is 2.50. The number of anilines is 4. The smallest absolute Gasteiger partial charge is 0.248 e. The van der Waals surface area contributed by atoms with Crippen molar-refractivity contribution in [1.82, 2.24) is 20.2 Å². The zero-order chi connectivity index (χ0) is 17.9. The van der Waals surface area contributed by atoms with Crippen molar-refractivity contribution in [3.05, 3.63) is 66.5 Å². The maximum absolute atomic E-state index is 11.1. The lowest BCUT2D eigenvalue weighted by Gasteiger charge is -2.09. The number of hydrogen-bond donors (Lipinski definition) is 4. The lowest BCUT2D eigenvalue weighted by atomic mass is 10.2. The lowest BCUT2D eigenvalue weighted by Crippen LogP contribution is -2.10. The molecule has 0 atom stereocenters. The molecule has 8 nitrogen and oxygen atoms in total. The average molecular weight is 345 g/mol. The van der Waals surface area contributed by atoms with Gasteiger partial charge in [0.1, 0.15) is 5.82 Å². The molecule has 2 aromatic heterocycles. The maximum atomic E-state index is 11.1. The first-order valence-electron chi connectivity index (χ1n) is 7.87. The fourth-order valence-electron chi connectivity index (χ4n) is 2.50. The first-order chi connectivity index (χ1) is 12.7. The van der Waals surface area contributed by atoms with Crippen molar-refractivity contribution in [2.45, 2.75) is 0 Å². The number of carbonyl (C=O) groups is 1. The molecule has 2 aromatic carbocycles. The normalized spacial score (nSPS) is 10.6. The van der Waals surface area contributed by atoms with Crippen LogP contribution in [0.3, 0.4) is 0 Å². The van der Waals surface area contributed by atoms with Crippen LogP contribution in [0, 0.1) is 0 Å². The predicted molar refractivity (Wildman–Crippen MR) is 99.7 cm³/mol. The summed E-state index contributed by atoms with van der Waals surface area (Å²) in [5.74, 6) is 0.618. The topological polar surface area (TPSA) is 122 Å². The number of rotatable bonds is 5. The molecular weight excluding hydrogens is 330 g/mol. The van der Waals surface area contributed by atoms with Crippen LogP contribution in [0.5, 0.6) is 0 Å². The Morgan fingerprint density at radius 2 is 1.81 bits per heavy atom. The molecule has 128 valence electrons. The van der Waals surface area contributed by atoms with Gasteiger partial charge in [0.15, 0.2) is 0 Å². The molecule has 8 heteroatoms. The highest BCUT2D eigenvalue weighted by molar-refractivity contribution is 5.93. The summed E-state index contributed by atoms with van der Waals surface area (Å²) < 4.78 is 0. The van der Waals surface area contributed by atoms with Crippen LogP contribution >= 0.6 is 0 Å². The Morgan fingerprint density at radius 3 is 2.62 bits per heavy atom. The molecule has 0 aliphatic rings. The summed E-state index contributed by atoms with van der Waals surface area (Å²) in [6, 6.07) is 14.4. The highest BCUT2D eigenvalue weighted by atomic mass is 16.1. The molecule has 0 radical (unpaired) electrons. The summed E-state index contributed by atoms with van der Waals surface area (Å²) in [6.45, 7) is 0. The zero-order valence-corrected chi connectivity index (χ0v) is 13.6. The van der Waals surface area contributed by atoms with E-state index in [1.165, 1.54) is 0 Å². The number of primary amides is 1. The Labute approximate surface area is 148 Å². The van der Waals surface area contributed by atoms with Gasteiger partial charge in [0.25, 0.3) is 0 Å². The van der Waals surface area contributed by atoms with E-state index in [2.05, 4.69) is 30.8 Å². The van der Waals surface area contributed by atoms with E-state index in [0.717, 1.165) is 22.3 Å². The minimum absolute atomic E-state index is 0.435. The van der Waals surface area contributed by atoms with Crippen molar-refractivity contribution in [2.24, 2.45) is 5.73 Å². The summed E-state index contributed by atoms with van der Waals surface area (Å²) in [5, 5.41) is 14.3. The van der Waals surface area contributed by atoms with E-state index in [0.29, 0.717) is 17.3 Å². The van der Waals surface area contributed by atoms with Crippen molar-refractivity contribution >= 4 is 40.0 Å². The molecule has 26 heavy (non-hydrogen) atoms. The molecule has 0 unspecified atom stereocenters. The van der Waals surface area contributed by atoms with Crippen LogP contribution in [0.2, 0.25) is 0 Å². The van der Waals surface area contributed by atoms with E-state index in [-0.39, 0.29) is 0 Å². The van der Waals surface area contributed by atoms with Crippen molar-refractivity contribution in [3.8, 4) is 0 Å². The third-order valence-corrected chi connectivity index (χ3v) is 3.80. The Kier molecular flexibility index (Phi) is 3.91. The van der Waals surface area contributed by atoms with E-state index in [9.17, 15) is 4.79 Å². The van der Waals surface area contributed by atoms with E-state index in [1.54, 1.807) is 42.7 Å². The van der Waals surface area contributed by atoms with E-state index >= 15 is 0 Å². The Hall–Kier alpha value is -3.94. The zero-order valence-electron chi connectivity index (χ0n) is 13.6. The monoisotopic (exact) mass is 345 g/mol. The number of nitrogens with one attached hydrogen (secondary N) is 3. The number of aromatic nitrogens is 4. The lowest BCUT2D eigenvalue weighted by molar-refractivity contribution is 0.100. The molecule has 4 rings (SSSR count). The Bertz CT molecular complexity index is 1070. The number of carbonyl (C=O) groups excluding carboxylic acids is 1. The number of amides is 1. The number of hydrogen-bond acceptors (Lipinski definition) is 6. The summed E-state index contributed by atoms with van der Waals surface area (Å²) in [4.78, 5) is 19.8. The highest BCUT2D eigenvalue weighted by Crippen LogP contribution is 2.21. The maximum Gasteiger partial charge on any atom is 0.248 e. The van der Waals surface area contributed by atoms with Crippen molar-refractivity contribution in [3.63, 3.8) is 0 Å². The van der Waals surface area contributed by atoms with Crippen LogP contribution in [0.4, 0.5) is 23.1 Å². The molecular formula is C18H15N7O. The minimum atomic E-state index is -0.465. The van der Waals surface area contributed by atoms with Gasteiger partial charge in [-0.1, -0.05) is 0 Å². The molecule has 0 fully saturated rings. The second kappa shape index (κ2) is 6.52. The summed E-state index contributed by atoms with van der Waals surface area (Å²) in [7, 11) is 0. The van der Waals surface area contributed by atoms with Gasteiger partial charge in [0, 0.05) is 28.5 Å². The molecule has 2 heterocycles. The van der Waals surface area contributed by atoms with Crippen molar-refractivity contribution in [2.75, 3.05) is 10.6 Å². The van der Waals surface area contributed by atoms with Gasteiger partial charge in [-0.2, -0.15) is 10.1 Å². The number of H-pyrrole nitrogens is 1. The number of nitrogens with two attached hydrogens (primary N) is 1. The number of aromatic amines is 1.